The van der Waals surface area contributed by atoms with E-state index >= 15 is 0 Å². The largest absolute Gasteiger partial charge is 0.493 e. The van der Waals surface area contributed by atoms with Gasteiger partial charge in [0.25, 0.3) is 17.7 Å². The van der Waals surface area contributed by atoms with Gasteiger partial charge in [-0.25, -0.2) is 9.69 Å². The fourth-order valence-electron chi connectivity index (χ4n) is 3.51. The highest BCUT2D eigenvalue weighted by atomic mass is 79.9. The van der Waals surface area contributed by atoms with E-state index in [2.05, 4.69) is 26.6 Å². The summed E-state index contributed by atoms with van der Waals surface area (Å²) in [6, 6.07) is 15.1. The van der Waals surface area contributed by atoms with E-state index < -0.39 is 23.8 Å². The molecule has 0 aliphatic carbocycles. The molecule has 3 aromatic carbocycles. The lowest BCUT2D eigenvalue weighted by Gasteiger charge is -2.26. The van der Waals surface area contributed by atoms with Crippen LogP contribution in [0, 0.1) is 0 Å². The van der Waals surface area contributed by atoms with Gasteiger partial charge < -0.3 is 14.8 Å². The predicted molar refractivity (Wildman–Crippen MR) is 147 cm³/mol. The van der Waals surface area contributed by atoms with Crippen LogP contribution in [0.2, 0.25) is 10.0 Å². The summed E-state index contributed by atoms with van der Waals surface area (Å²) in [5, 5.41) is 5.47. The molecule has 0 unspecified atom stereocenters. The molecule has 1 aliphatic heterocycles. The van der Waals surface area contributed by atoms with Crippen molar-refractivity contribution >= 4 is 80.3 Å². The minimum atomic E-state index is -0.843. The Morgan fingerprint density at radius 3 is 2.47 bits per heavy atom. The number of halogens is 3. The van der Waals surface area contributed by atoms with E-state index in [-0.39, 0.29) is 23.7 Å². The smallest absolute Gasteiger partial charge is 0.335 e. The zero-order valence-corrected chi connectivity index (χ0v) is 22.7. The molecule has 4 rings (SSSR count). The lowest BCUT2D eigenvalue weighted by atomic mass is 10.1. The summed E-state index contributed by atoms with van der Waals surface area (Å²) in [4.78, 5) is 51.2. The molecule has 0 spiro atoms. The zero-order chi connectivity index (χ0) is 27.4. The highest BCUT2D eigenvalue weighted by Gasteiger charge is 2.36. The summed E-state index contributed by atoms with van der Waals surface area (Å²) in [7, 11) is 1.40. The molecule has 5 amide bonds. The van der Waals surface area contributed by atoms with Crippen LogP contribution in [0.3, 0.4) is 0 Å². The van der Waals surface area contributed by atoms with Crippen molar-refractivity contribution in [1.29, 1.82) is 0 Å². The third-order valence-electron chi connectivity index (χ3n) is 5.23. The van der Waals surface area contributed by atoms with E-state index in [1.165, 1.54) is 25.3 Å². The van der Waals surface area contributed by atoms with E-state index in [1.54, 1.807) is 48.5 Å². The van der Waals surface area contributed by atoms with E-state index in [0.29, 0.717) is 31.5 Å². The SMILES string of the molecule is COc1cc(/C=C2/C(=O)NC(=O)N(c3ccccc3)C2=O)cc(Br)c1OCC(=O)Nc1ccc(Cl)c(Cl)c1. The summed E-state index contributed by atoms with van der Waals surface area (Å²) in [6.07, 6.45) is 1.33. The number of anilines is 2. The van der Waals surface area contributed by atoms with Crippen LogP contribution in [0.1, 0.15) is 5.56 Å². The summed E-state index contributed by atoms with van der Waals surface area (Å²) in [5.41, 5.74) is 0.911. The molecule has 0 saturated carbocycles. The van der Waals surface area contributed by atoms with Crippen LogP contribution in [-0.4, -0.2) is 37.5 Å². The van der Waals surface area contributed by atoms with Crippen molar-refractivity contribution in [3.05, 3.63) is 86.3 Å². The molecule has 1 heterocycles. The molecule has 38 heavy (non-hydrogen) atoms. The second-order valence-electron chi connectivity index (χ2n) is 7.79. The van der Waals surface area contributed by atoms with Crippen molar-refractivity contribution in [2.75, 3.05) is 23.9 Å². The van der Waals surface area contributed by atoms with Crippen LogP contribution >= 0.6 is 39.1 Å². The van der Waals surface area contributed by atoms with Gasteiger partial charge in [0.15, 0.2) is 18.1 Å². The van der Waals surface area contributed by atoms with Crippen molar-refractivity contribution in [2.24, 2.45) is 0 Å². The Kier molecular flexibility index (Phi) is 8.35. The number of barbiturate groups is 1. The van der Waals surface area contributed by atoms with Gasteiger partial charge in [-0.15, -0.1) is 0 Å². The number of carbonyl (C=O) groups is 4. The molecule has 2 N–H and O–H groups in total. The highest BCUT2D eigenvalue weighted by molar-refractivity contribution is 9.10. The molecule has 3 aromatic rings. The molecule has 0 atom stereocenters. The van der Waals surface area contributed by atoms with Gasteiger partial charge in [0.1, 0.15) is 5.57 Å². The zero-order valence-electron chi connectivity index (χ0n) is 19.6. The third kappa shape index (κ3) is 5.99. The Bertz CT molecular complexity index is 1480. The number of imide groups is 2. The van der Waals surface area contributed by atoms with E-state index in [9.17, 15) is 19.2 Å². The van der Waals surface area contributed by atoms with Gasteiger partial charge in [0.2, 0.25) is 0 Å². The van der Waals surface area contributed by atoms with Gasteiger partial charge in [0, 0.05) is 5.69 Å². The predicted octanol–water partition coefficient (Wildman–Crippen LogP) is 5.45. The first-order chi connectivity index (χ1) is 18.2. The van der Waals surface area contributed by atoms with Gasteiger partial charge in [-0.3, -0.25) is 19.7 Å². The summed E-state index contributed by atoms with van der Waals surface area (Å²) >= 11 is 15.2. The quantitative estimate of drug-likeness (QED) is 0.269. The number of urea groups is 1. The number of para-hydroxylation sites is 1. The number of nitrogens with one attached hydrogen (secondary N) is 2. The van der Waals surface area contributed by atoms with Crippen LogP contribution in [-0.2, 0) is 14.4 Å². The normalized spacial score (nSPS) is 14.4. The number of hydrogen-bond acceptors (Lipinski definition) is 6. The number of ether oxygens (including phenoxy) is 2. The number of benzene rings is 3. The monoisotopic (exact) mass is 617 g/mol. The Morgan fingerprint density at radius 1 is 1.05 bits per heavy atom. The van der Waals surface area contributed by atoms with Crippen molar-refractivity contribution in [1.82, 2.24) is 5.32 Å². The van der Waals surface area contributed by atoms with Crippen molar-refractivity contribution in [3.8, 4) is 11.5 Å². The Balaban J connectivity index is 1.54. The van der Waals surface area contributed by atoms with Gasteiger partial charge in [-0.05, 0) is 70.0 Å². The van der Waals surface area contributed by atoms with Crippen molar-refractivity contribution in [2.45, 2.75) is 0 Å². The van der Waals surface area contributed by atoms with Gasteiger partial charge in [-0.1, -0.05) is 41.4 Å². The third-order valence-corrected chi connectivity index (χ3v) is 6.56. The van der Waals surface area contributed by atoms with E-state index in [4.69, 9.17) is 32.7 Å². The standard InChI is InChI=1S/C26H18BrCl2N3O6/c1-37-21-11-14(9-17-24(34)31-26(36)32(25(17)35)16-5-3-2-4-6-16)10-18(27)23(21)38-13-22(33)30-15-7-8-19(28)20(29)12-15/h2-12H,13H2,1H3,(H,30,33)(H,31,34,36)/b17-9-. The molecule has 1 fully saturated rings. The maximum Gasteiger partial charge on any atom is 0.335 e. The first-order valence-electron chi connectivity index (χ1n) is 10.9. The first kappa shape index (κ1) is 27.2. The molecular weight excluding hydrogens is 601 g/mol. The van der Waals surface area contributed by atoms with Gasteiger partial charge in [0.05, 0.1) is 27.3 Å². The summed E-state index contributed by atoms with van der Waals surface area (Å²) < 4.78 is 11.5. The number of rotatable bonds is 7. The molecule has 1 aliphatic rings. The molecule has 12 heteroatoms. The molecule has 0 aromatic heterocycles. The van der Waals surface area contributed by atoms with Gasteiger partial charge in [-0.2, -0.15) is 0 Å². The maximum atomic E-state index is 13.1. The highest BCUT2D eigenvalue weighted by Crippen LogP contribution is 2.37. The van der Waals surface area contributed by atoms with Crippen LogP contribution in [0.15, 0.2) is 70.7 Å². The minimum Gasteiger partial charge on any atom is -0.493 e. The fraction of sp³-hybridized carbons (Fsp3) is 0.0769. The Morgan fingerprint density at radius 2 is 1.79 bits per heavy atom. The molecule has 1 saturated heterocycles. The average molecular weight is 619 g/mol. The molecule has 194 valence electrons. The fourth-order valence-corrected chi connectivity index (χ4v) is 4.38. The maximum absolute atomic E-state index is 13.1. The number of carbonyl (C=O) groups excluding carboxylic acids is 4. The first-order valence-corrected chi connectivity index (χ1v) is 12.4. The second-order valence-corrected chi connectivity index (χ2v) is 9.46. The number of methoxy groups -OCH3 is 1. The van der Waals surface area contributed by atoms with Crippen LogP contribution in [0.25, 0.3) is 6.08 Å². The average Bonchev–Trinajstić information content (AvgIpc) is 2.88. The lowest BCUT2D eigenvalue weighted by molar-refractivity contribution is -0.122. The van der Waals surface area contributed by atoms with Crippen LogP contribution in [0.5, 0.6) is 11.5 Å². The molecule has 0 radical (unpaired) electrons. The van der Waals surface area contributed by atoms with E-state index in [0.717, 1.165) is 4.90 Å². The van der Waals surface area contributed by atoms with Crippen molar-refractivity contribution < 1.29 is 28.7 Å². The topological polar surface area (TPSA) is 114 Å². The minimum absolute atomic E-state index is 0.222. The van der Waals surface area contributed by atoms with E-state index in [1.807, 2.05) is 0 Å². The summed E-state index contributed by atoms with van der Waals surface area (Å²) in [6.45, 7) is -0.356. The van der Waals surface area contributed by atoms with Crippen LogP contribution in [0.4, 0.5) is 16.2 Å². The van der Waals surface area contributed by atoms with Crippen LogP contribution < -0.4 is 25.0 Å². The second kappa shape index (κ2) is 11.7. The number of nitrogens with zero attached hydrogens (tertiary/aromatic N) is 1. The Labute approximate surface area is 235 Å². The molecule has 0 bridgehead atoms. The summed E-state index contributed by atoms with van der Waals surface area (Å²) in [5.74, 6) is -1.62. The molecule has 9 nitrogen and oxygen atoms in total. The molecular formula is C26H18BrCl2N3O6. The van der Waals surface area contributed by atoms with Gasteiger partial charge >= 0.3 is 6.03 Å². The van der Waals surface area contributed by atoms with Crippen molar-refractivity contribution in [3.63, 3.8) is 0 Å². The number of hydrogen-bond donors (Lipinski definition) is 2. The number of amides is 5. The Hall–Kier alpha value is -3.86. The lowest BCUT2D eigenvalue weighted by Crippen LogP contribution is -2.54.